The number of aromatic nitrogens is 3. The van der Waals surface area contributed by atoms with Gasteiger partial charge in [0.05, 0.1) is 6.01 Å². The van der Waals surface area contributed by atoms with Gasteiger partial charge in [-0.05, 0) is 12.1 Å². The topological polar surface area (TPSA) is 73.2 Å². The maximum Gasteiger partial charge on any atom is 0.331 e. The quantitative estimate of drug-likeness (QED) is 0.528. The molecular weight excluding hydrogens is 146 g/mol. The third kappa shape index (κ3) is 0.778. The normalized spacial score (nSPS) is 10.5. The van der Waals surface area contributed by atoms with Crippen LogP contribution in [0.2, 0.25) is 0 Å². The molecule has 0 bridgehead atoms. The fourth-order valence-electron chi connectivity index (χ4n) is 0.918. The minimum Gasteiger partial charge on any atom is -0.846 e. The van der Waals surface area contributed by atoms with Crippen LogP contribution in [-0.4, -0.2) is 14.4 Å². The van der Waals surface area contributed by atoms with E-state index in [1.165, 1.54) is 4.40 Å². The van der Waals surface area contributed by atoms with Gasteiger partial charge < -0.3 is 10.1 Å². The molecule has 2 aromatic heterocycles. The van der Waals surface area contributed by atoms with Crippen LogP contribution in [0, 0.1) is 0 Å². The highest BCUT2D eigenvalue weighted by Crippen LogP contribution is 1.97. The summed E-state index contributed by atoms with van der Waals surface area (Å²) in [5.74, 6) is 0. The Balaban J connectivity index is 3.02. The Labute approximate surface area is 60.9 Å². The second-order valence-electron chi connectivity index (χ2n) is 2.08. The molecule has 0 unspecified atom stereocenters. The molecule has 5 heteroatoms. The molecular formula is C6H4N3O2-. The van der Waals surface area contributed by atoms with E-state index in [2.05, 4.69) is 4.98 Å². The number of nitrogens with one attached hydrogen (secondary N) is 1. The number of hydrogen-bond donors (Lipinski definition) is 1. The first-order chi connectivity index (χ1) is 5.27. The van der Waals surface area contributed by atoms with Crippen LogP contribution in [0.15, 0.2) is 23.1 Å². The van der Waals surface area contributed by atoms with Crippen LogP contribution in [0.5, 0.6) is 6.01 Å². The molecule has 0 saturated heterocycles. The van der Waals surface area contributed by atoms with Crippen molar-refractivity contribution in [1.82, 2.24) is 14.4 Å². The van der Waals surface area contributed by atoms with E-state index >= 15 is 0 Å². The lowest BCUT2D eigenvalue weighted by Gasteiger charge is -2.01. The van der Waals surface area contributed by atoms with Crippen molar-refractivity contribution >= 4 is 5.65 Å². The van der Waals surface area contributed by atoms with Gasteiger partial charge in [-0.25, -0.2) is 9.78 Å². The molecule has 0 fully saturated rings. The monoisotopic (exact) mass is 150 g/mol. The lowest BCUT2D eigenvalue weighted by molar-refractivity contribution is -0.281. The predicted octanol–water partition coefficient (Wildman–Crippen LogP) is -0.904. The molecule has 0 aliphatic carbocycles. The lowest BCUT2D eigenvalue weighted by atomic mass is 10.6. The smallest absolute Gasteiger partial charge is 0.331 e. The molecule has 0 saturated carbocycles. The van der Waals surface area contributed by atoms with Gasteiger partial charge in [0.2, 0.25) is 0 Å². The second-order valence-corrected chi connectivity index (χ2v) is 2.08. The van der Waals surface area contributed by atoms with Gasteiger partial charge in [-0.1, -0.05) is 0 Å². The number of hydrogen-bond acceptors (Lipinski definition) is 3. The highest BCUT2D eigenvalue weighted by atomic mass is 16.3. The number of nitrogens with zero attached hydrogens (tertiary/aromatic N) is 2. The van der Waals surface area contributed by atoms with Gasteiger partial charge in [-0.3, -0.25) is 4.40 Å². The standard InChI is InChI=1S/C6H5N3O2/c10-5-7-4-2-1-3-9(4)6(11)8-5/h1-3H,(H2,7,8,10,11)/p-1. The van der Waals surface area contributed by atoms with Crippen molar-refractivity contribution in [3.8, 4) is 6.01 Å². The fraction of sp³-hybridized carbons (Fsp3) is 0. The van der Waals surface area contributed by atoms with Crippen LogP contribution in [0.3, 0.4) is 0 Å². The number of fused-ring (bicyclic) bond motifs is 1. The highest BCUT2D eigenvalue weighted by Gasteiger charge is 1.94. The first kappa shape index (κ1) is 5.96. The first-order valence-corrected chi connectivity index (χ1v) is 3.02. The SMILES string of the molecule is O=c1[nH]c([O-])nc2cccn12. The molecule has 5 nitrogen and oxygen atoms in total. The van der Waals surface area contributed by atoms with Crippen molar-refractivity contribution in [1.29, 1.82) is 0 Å². The Morgan fingerprint density at radius 1 is 1.64 bits per heavy atom. The Morgan fingerprint density at radius 3 is 3.27 bits per heavy atom. The summed E-state index contributed by atoms with van der Waals surface area (Å²) in [5.41, 5.74) is -0.0799. The zero-order valence-corrected chi connectivity index (χ0v) is 5.44. The summed E-state index contributed by atoms with van der Waals surface area (Å²) in [7, 11) is 0. The van der Waals surface area contributed by atoms with E-state index in [4.69, 9.17) is 0 Å². The van der Waals surface area contributed by atoms with E-state index in [1.807, 2.05) is 4.98 Å². The molecule has 56 valence electrons. The van der Waals surface area contributed by atoms with E-state index in [1.54, 1.807) is 18.3 Å². The molecule has 0 spiro atoms. The van der Waals surface area contributed by atoms with E-state index in [9.17, 15) is 9.90 Å². The van der Waals surface area contributed by atoms with E-state index < -0.39 is 11.7 Å². The number of aromatic amines is 1. The van der Waals surface area contributed by atoms with E-state index in [0.29, 0.717) is 5.65 Å². The molecule has 2 aromatic rings. The molecule has 2 heterocycles. The Bertz CT molecular complexity index is 442. The lowest BCUT2D eigenvalue weighted by Crippen LogP contribution is -2.18. The zero-order valence-electron chi connectivity index (χ0n) is 5.44. The van der Waals surface area contributed by atoms with Gasteiger partial charge in [0.1, 0.15) is 5.65 Å². The highest BCUT2D eigenvalue weighted by molar-refractivity contribution is 5.37. The Kier molecular flexibility index (Phi) is 1.00. The number of rotatable bonds is 0. The van der Waals surface area contributed by atoms with Gasteiger partial charge >= 0.3 is 5.69 Å². The van der Waals surface area contributed by atoms with Crippen LogP contribution in [-0.2, 0) is 0 Å². The van der Waals surface area contributed by atoms with Gasteiger partial charge in [0.25, 0.3) is 0 Å². The third-order valence-electron chi connectivity index (χ3n) is 1.38. The van der Waals surface area contributed by atoms with E-state index in [-0.39, 0.29) is 0 Å². The minimum atomic E-state index is -0.610. The second kappa shape index (κ2) is 1.85. The van der Waals surface area contributed by atoms with Crippen LogP contribution < -0.4 is 10.8 Å². The first-order valence-electron chi connectivity index (χ1n) is 3.02. The number of H-pyrrole nitrogens is 1. The van der Waals surface area contributed by atoms with Crippen molar-refractivity contribution < 1.29 is 5.11 Å². The molecule has 0 aliphatic rings. The predicted molar refractivity (Wildman–Crippen MR) is 35.3 cm³/mol. The summed E-state index contributed by atoms with van der Waals surface area (Å²) >= 11 is 0. The van der Waals surface area contributed by atoms with Crippen LogP contribution in [0.4, 0.5) is 0 Å². The van der Waals surface area contributed by atoms with Gasteiger partial charge in [0.15, 0.2) is 0 Å². The molecule has 0 amide bonds. The summed E-state index contributed by atoms with van der Waals surface area (Å²) in [4.78, 5) is 16.5. The zero-order chi connectivity index (χ0) is 7.84. The third-order valence-corrected chi connectivity index (χ3v) is 1.38. The van der Waals surface area contributed by atoms with Crippen molar-refractivity contribution in [2.75, 3.05) is 0 Å². The maximum absolute atomic E-state index is 10.9. The van der Waals surface area contributed by atoms with Gasteiger partial charge in [0, 0.05) is 6.20 Å². The van der Waals surface area contributed by atoms with E-state index in [0.717, 1.165) is 0 Å². The van der Waals surface area contributed by atoms with Crippen molar-refractivity contribution in [2.45, 2.75) is 0 Å². The summed E-state index contributed by atoms with van der Waals surface area (Å²) in [6, 6.07) is 2.63. The van der Waals surface area contributed by atoms with Crippen molar-refractivity contribution in [3.63, 3.8) is 0 Å². The van der Waals surface area contributed by atoms with Crippen molar-refractivity contribution in [3.05, 3.63) is 28.8 Å². The molecule has 0 atom stereocenters. The molecule has 0 aliphatic heterocycles. The molecule has 0 aromatic carbocycles. The molecule has 11 heavy (non-hydrogen) atoms. The summed E-state index contributed by atoms with van der Waals surface area (Å²) in [6.45, 7) is 0. The summed E-state index contributed by atoms with van der Waals surface area (Å²) in [5, 5.41) is 10.6. The molecule has 0 radical (unpaired) electrons. The van der Waals surface area contributed by atoms with Crippen LogP contribution >= 0.6 is 0 Å². The maximum atomic E-state index is 10.9. The Morgan fingerprint density at radius 2 is 2.45 bits per heavy atom. The summed E-state index contributed by atoms with van der Waals surface area (Å²) < 4.78 is 1.27. The van der Waals surface area contributed by atoms with Gasteiger partial charge in [-0.2, -0.15) is 0 Å². The van der Waals surface area contributed by atoms with Gasteiger partial charge in [-0.15, -0.1) is 0 Å². The summed E-state index contributed by atoms with van der Waals surface area (Å²) in [6.07, 6.45) is 1.54. The fourth-order valence-corrected chi connectivity index (χ4v) is 0.918. The average molecular weight is 150 g/mol. The van der Waals surface area contributed by atoms with Crippen molar-refractivity contribution in [2.24, 2.45) is 0 Å². The molecule has 2 rings (SSSR count). The minimum absolute atomic E-state index is 0.374. The molecule has 1 N–H and O–H groups in total. The van der Waals surface area contributed by atoms with Crippen LogP contribution in [0.1, 0.15) is 0 Å². The largest absolute Gasteiger partial charge is 0.846 e. The average Bonchev–Trinajstić information content (AvgIpc) is 2.34. The van der Waals surface area contributed by atoms with Crippen LogP contribution in [0.25, 0.3) is 5.65 Å². The Hall–Kier alpha value is -1.78.